The maximum absolute atomic E-state index is 12.9. The summed E-state index contributed by atoms with van der Waals surface area (Å²) in [6, 6.07) is 6.13. The van der Waals surface area contributed by atoms with Gasteiger partial charge in [-0.1, -0.05) is 12.5 Å². The first-order valence-corrected chi connectivity index (χ1v) is 9.99. The molecular weight excluding hydrogens is 326 g/mol. The van der Waals surface area contributed by atoms with Crippen LogP contribution in [0.25, 0.3) is 0 Å². The lowest BCUT2D eigenvalue weighted by atomic mass is 9.65. The molecule has 3 aliphatic rings. The Morgan fingerprint density at radius 3 is 2.42 bits per heavy atom. The third kappa shape index (κ3) is 3.63. The fraction of sp³-hybridized carbons (Fsp3) is 0.619. The molecule has 3 aliphatic carbocycles. The smallest absolute Gasteiger partial charge is 0.251 e. The maximum Gasteiger partial charge on any atom is 0.251 e. The number of benzene rings is 1. The van der Waals surface area contributed by atoms with E-state index in [1.165, 1.54) is 6.42 Å². The van der Waals surface area contributed by atoms with Gasteiger partial charge in [0.2, 0.25) is 5.91 Å². The molecule has 3 fully saturated rings. The molecule has 0 heterocycles. The van der Waals surface area contributed by atoms with Crippen molar-refractivity contribution in [3.05, 3.63) is 29.3 Å². The molecule has 0 aliphatic heterocycles. The van der Waals surface area contributed by atoms with Crippen LogP contribution in [-0.2, 0) is 4.79 Å². The lowest BCUT2D eigenvalue weighted by Crippen LogP contribution is -2.48. The van der Waals surface area contributed by atoms with Gasteiger partial charge in [-0.3, -0.25) is 9.59 Å². The van der Waals surface area contributed by atoms with Gasteiger partial charge >= 0.3 is 0 Å². The molecule has 140 valence electrons. The SMILES string of the molecule is Cc1ccc(C(=O)NC2CC2)cc1NC(=O)C1CC2CCCC(C1)C2N. The molecule has 5 nitrogen and oxygen atoms in total. The third-order valence-corrected chi connectivity index (χ3v) is 6.45. The quantitative estimate of drug-likeness (QED) is 0.776. The van der Waals surface area contributed by atoms with Gasteiger partial charge in [0.25, 0.3) is 5.91 Å². The first kappa shape index (κ1) is 17.5. The van der Waals surface area contributed by atoms with E-state index in [0.29, 0.717) is 23.4 Å². The minimum atomic E-state index is -0.0545. The average Bonchev–Trinajstić information content (AvgIpc) is 3.40. The molecule has 0 aromatic heterocycles. The van der Waals surface area contributed by atoms with Gasteiger partial charge in [0, 0.05) is 29.3 Å². The highest BCUT2D eigenvalue weighted by atomic mass is 16.2. The van der Waals surface area contributed by atoms with Crippen LogP contribution in [-0.4, -0.2) is 23.9 Å². The molecule has 4 rings (SSSR count). The summed E-state index contributed by atoms with van der Waals surface area (Å²) >= 11 is 0. The lowest BCUT2D eigenvalue weighted by molar-refractivity contribution is -0.122. The van der Waals surface area contributed by atoms with E-state index < -0.39 is 0 Å². The molecule has 0 spiro atoms. The second-order valence-electron chi connectivity index (χ2n) is 8.46. The summed E-state index contributed by atoms with van der Waals surface area (Å²) in [7, 11) is 0. The minimum Gasteiger partial charge on any atom is -0.349 e. The van der Waals surface area contributed by atoms with Crippen molar-refractivity contribution in [2.24, 2.45) is 23.5 Å². The average molecular weight is 355 g/mol. The molecular formula is C21H29N3O2. The Morgan fingerprint density at radius 2 is 1.77 bits per heavy atom. The number of hydrogen-bond acceptors (Lipinski definition) is 3. The van der Waals surface area contributed by atoms with Gasteiger partial charge < -0.3 is 16.4 Å². The number of anilines is 1. The van der Waals surface area contributed by atoms with Crippen LogP contribution in [0.1, 0.15) is 60.9 Å². The van der Waals surface area contributed by atoms with Crippen molar-refractivity contribution in [2.45, 2.75) is 64.0 Å². The van der Waals surface area contributed by atoms with Gasteiger partial charge in [0.05, 0.1) is 0 Å². The first-order valence-electron chi connectivity index (χ1n) is 9.99. The summed E-state index contributed by atoms with van der Waals surface area (Å²) in [4.78, 5) is 25.2. The second-order valence-corrected chi connectivity index (χ2v) is 8.46. The lowest BCUT2D eigenvalue weighted by Gasteiger charge is -2.43. The number of carbonyl (C=O) groups is 2. The predicted octanol–water partition coefficient (Wildman–Crippen LogP) is 2.98. The van der Waals surface area contributed by atoms with E-state index in [-0.39, 0.29) is 23.8 Å². The summed E-state index contributed by atoms with van der Waals surface area (Å²) in [6.45, 7) is 1.96. The zero-order valence-electron chi connectivity index (χ0n) is 15.5. The number of nitrogens with two attached hydrogens (primary N) is 1. The van der Waals surface area contributed by atoms with Crippen LogP contribution < -0.4 is 16.4 Å². The first-order chi connectivity index (χ1) is 12.5. The molecule has 0 saturated heterocycles. The molecule has 1 aromatic carbocycles. The number of hydrogen-bond donors (Lipinski definition) is 3. The van der Waals surface area contributed by atoms with Crippen LogP contribution in [0.3, 0.4) is 0 Å². The summed E-state index contributed by atoms with van der Waals surface area (Å²) in [5, 5.41) is 6.09. The highest BCUT2D eigenvalue weighted by Crippen LogP contribution is 2.42. The van der Waals surface area contributed by atoms with Gasteiger partial charge in [-0.15, -0.1) is 0 Å². The normalized spacial score (nSPS) is 30.5. The molecule has 3 saturated carbocycles. The Labute approximate surface area is 155 Å². The van der Waals surface area contributed by atoms with Crippen molar-refractivity contribution >= 4 is 17.5 Å². The van der Waals surface area contributed by atoms with Gasteiger partial charge in [-0.05, 0) is 75.0 Å². The van der Waals surface area contributed by atoms with E-state index in [9.17, 15) is 9.59 Å². The van der Waals surface area contributed by atoms with Gasteiger partial charge in [-0.25, -0.2) is 0 Å². The van der Waals surface area contributed by atoms with Crippen LogP contribution in [0, 0.1) is 24.7 Å². The van der Waals surface area contributed by atoms with Crippen molar-refractivity contribution in [3.8, 4) is 0 Å². The standard InChI is InChI=1S/C21H29N3O2/c1-12-5-6-15(20(25)23-17-7-8-17)11-18(12)24-21(26)16-9-13-3-2-4-14(10-16)19(13)22/h5-6,11,13-14,16-17,19H,2-4,7-10,22H2,1H3,(H,23,25)(H,24,26). The molecule has 2 amide bonds. The van der Waals surface area contributed by atoms with E-state index >= 15 is 0 Å². The van der Waals surface area contributed by atoms with E-state index in [0.717, 1.165) is 49.8 Å². The molecule has 5 heteroatoms. The summed E-state index contributed by atoms with van der Waals surface area (Å²) in [6.07, 6.45) is 7.46. The molecule has 1 aromatic rings. The molecule has 26 heavy (non-hydrogen) atoms. The van der Waals surface area contributed by atoms with Crippen LogP contribution in [0.2, 0.25) is 0 Å². The summed E-state index contributed by atoms with van der Waals surface area (Å²) in [5.74, 6) is 1.02. The highest BCUT2D eigenvalue weighted by Gasteiger charge is 2.40. The van der Waals surface area contributed by atoms with E-state index in [4.69, 9.17) is 5.73 Å². The molecule has 0 radical (unpaired) electrons. The van der Waals surface area contributed by atoms with Gasteiger partial charge in [0.1, 0.15) is 0 Å². The van der Waals surface area contributed by atoms with Crippen LogP contribution in [0.15, 0.2) is 18.2 Å². The molecule has 2 bridgehead atoms. The third-order valence-electron chi connectivity index (χ3n) is 6.45. The number of rotatable bonds is 4. The zero-order chi connectivity index (χ0) is 18.3. The Bertz CT molecular complexity index is 699. The maximum atomic E-state index is 12.9. The van der Waals surface area contributed by atoms with Crippen molar-refractivity contribution in [2.75, 3.05) is 5.32 Å². The topological polar surface area (TPSA) is 84.2 Å². The number of aryl methyl sites for hydroxylation is 1. The highest BCUT2D eigenvalue weighted by molar-refractivity contribution is 5.98. The Balaban J connectivity index is 1.44. The fourth-order valence-corrected chi connectivity index (χ4v) is 4.63. The van der Waals surface area contributed by atoms with Crippen molar-refractivity contribution in [1.29, 1.82) is 0 Å². The summed E-state index contributed by atoms with van der Waals surface area (Å²) < 4.78 is 0. The fourth-order valence-electron chi connectivity index (χ4n) is 4.63. The number of amides is 2. The van der Waals surface area contributed by atoms with Crippen molar-refractivity contribution < 1.29 is 9.59 Å². The Kier molecular flexibility index (Phi) is 4.74. The van der Waals surface area contributed by atoms with Crippen molar-refractivity contribution in [3.63, 3.8) is 0 Å². The molecule has 2 atom stereocenters. The van der Waals surface area contributed by atoms with E-state index in [1.807, 2.05) is 19.1 Å². The second kappa shape index (κ2) is 7.03. The monoisotopic (exact) mass is 355 g/mol. The Morgan fingerprint density at radius 1 is 1.08 bits per heavy atom. The number of nitrogens with one attached hydrogen (secondary N) is 2. The van der Waals surface area contributed by atoms with E-state index in [2.05, 4.69) is 10.6 Å². The van der Waals surface area contributed by atoms with Crippen LogP contribution in [0.4, 0.5) is 5.69 Å². The van der Waals surface area contributed by atoms with Crippen LogP contribution >= 0.6 is 0 Å². The van der Waals surface area contributed by atoms with Crippen LogP contribution in [0.5, 0.6) is 0 Å². The minimum absolute atomic E-state index is 0.0356. The molecule has 4 N–H and O–H groups in total. The van der Waals surface area contributed by atoms with Crippen molar-refractivity contribution in [1.82, 2.24) is 5.32 Å². The number of carbonyl (C=O) groups excluding carboxylic acids is 2. The predicted molar refractivity (Wildman–Crippen MR) is 102 cm³/mol. The molecule has 2 unspecified atom stereocenters. The van der Waals surface area contributed by atoms with E-state index in [1.54, 1.807) is 6.07 Å². The number of fused-ring (bicyclic) bond motifs is 2. The zero-order valence-corrected chi connectivity index (χ0v) is 15.5. The van der Waals surface area contributed by atoms with Gasteiger partial charge in [0.15, 0.2) is 0 Å². The summed E-state index contributed by atoms with van der Waals surface area (Å²) in [5.41, 5.74) is 8.69. The van der Waals surface area contributed by atoms with Gasteiger partial charge in [-0.2, -0.15) is 0 Å². The largest absolute Gasteiger partial charge is 0.349 e. The Hall–Kier alpha value is -1.88.